The first kappa shape index (κ1) is 11.5. The van der Waals surface area contributed by atoms with Crippen LogP contribution in [0.5, 0.6) is 0 Å². The molecule has 2 heterocycles. The van der Waals surface area contributed by atoms with Gasteiger partial charge in [0.05, 0.1) is 12.2 Å². The fourth-order valence-corrected chi connectivity index (χ4v) is 1.43. The molecule has 17 heavy (non-hydrogen) atoms. The number of nitrogens with zero attached hydrogens (tertiary/aromatic N) is 4. The SMILES string of the molecule is Cc1nccc(CNc2ncnc(Cl)c2N)n1. The highest BCUT2D eigenvalue weighted by Gasteiger charge is 2.05. The first-order valence-corrected chi connectivity index (χ1v) is 5.33. The van der Waals surface area contributed by atoms with Crippen molar-refractivity contribution in [3.8, 4) is 0 Å². The smallest absolute Gasteiger partial charge is 0.157 e. The predicted molar refractivity (Wildman–Crippen MR) is 65.6 cm³/mol. The Morgan fingerprint density at radius 2 is 2.18 bits per heavy atom. The minimum Gasteiger partial charge on any atom is -0.393 e. The average molecular weight is 251 g/mol. The van der Waals surface area contributed by atoms with Crippen molar-refractivity contribution in [1.29, 1.82) is 0 Å². The Balaban J connectivity index is 2.10. The molecule has 0 unspecified atom stereocenters. The third-order valence-electron chi connectivity index (χ3n) is 2.11. The van der Waals surface area contributed by atoms with Crippen molar-refractivity contribution >= 4 is 23.1 Å². The number of anilines is 2. The van der Waals surface area contributed by atoms with E-state index in [1.54, 1.807) is 6.20 Å². The lowest BCUT2D eigenvalue weighted by Crippen LogP contribution is -2.07. The molecule has 0 radical (unpaired) electrons. The summed E-state index contributed by atoms with van der Waals surface area (Å²) in [7, 11) is 0. The summed E-state index contributed by atoms with van der Waals surface area (Å²) in [6.07, 6.45) is 3.06. The zero-order valence-electron chi connectivity index (χ0n) is 9.18. The van der Waals surface area contributed by atoms with Gasteiger partial charge in [0.1, 0.15) is 17.8 Å². The van der Waals surface area contributed by atoms with Crippen LogP contribution in [0.2, 0.25) is 5.15 Å². The van der Waals surface area contributed by atoms with E-state index < -0.39 is 0 Å². The van der Waals surface area contributed by atoms with E-state index in [0.29, 0.717) is 18.1 Å². The molecule has 7 heteroatoms. The summed E-state index contributed by atoms with van der Waals surface area (Å²) in [6, 6.07) is 1.82. The Hall–Kier alpha value is -1.95. The molecule has 0 amide bonds. The molecule has 0 saturated carbocycles. The molecule has 6 nitrogen and oxygen atoms in total. The van der Waals surface area contributed by atoms with Gasteiger partial charge >= 0.3 is 0 Å². The van der Waals surface area contributed by atoms with Crippen LogP contribution < -0.4 is 11.1 Å². The van der Waals surface area contributed by atoms with E-state index in [1.165, 1.54) is 6.33 Å². The molecular weight excluding hydrogens is 240 g/mol. The molecule has 0 atom stereocenters. The fourth-order valence-electron chi connectivity index (χ4n) is 1.29. The quantitative estimate of drug-likeness (QED) is 0.801. The summed E-state index contributed by atoms with van der Waals surface area (Å²) < 4.78 is 0. The average Bonchev–Trinajstić information content (AvgIpc) is 2.31. The topological polar surface area (TPSA) is 89.6 Å². The van der Waals surface area contributed by atoms with Gasteiger partial charge in [-0.3, -0.25) is 0 Å². The molecule has 0 bridgehead atoms. The van der Waals surface area contributed by atoms with E-state index in [2.05, 4.69) is 25.3 Å². The maximum atomic E-state index is 5.78. The standard InChI is InChI=1S/C10H11ClN6/c1-6-13-3-2-7(17-6)4-14-10-8(12)9(11)15-5-16-10/h2-3,5H,4,12H2,1H3,(H,14,15,16). The van der Waals surface area contributed by atoms with E-state index in [4.69, 9.17) is 17.3 Å². The van der Waals surface area contributed by atoms with Gasteiger partial charge in [0.25, 0.3) is 0 Å². The fraction of sp³-hybridized carbons (Fsp3) is 0.200. The van der Waals surface area contributed by atoms with E-state index in [-0.39, 0.29) is 5.15 Å². The number of aromatic nitrogens is 4. The van der Waals surface area contributed by atoms with Crippen LogP contribution in [0.4, 0.5) is 11.5 Å². The van der Waals surface area contributed by atoms with E-state index >= 15 is 0 Å². The van der Waals surface area contributed by atoms with Crippen LogP contribution >= 0.6 is 11.6 Å². The number of hydrogen-bond acceptors (Lipinski definition) is 6. The highest BCUT2D eigenvalue weighted by atomic mass is 35.5. The highest BCUT2D eigenvalue weighted by Crippen LogP contribution is 2.22. The van der Waals surface area contributed by atoms with Gasteiger partial charge in [-0.25, -0.2) is 19.9 Å². The van der Waals surface area contributed by atoms with Crippen molar-refractivity contribution in [2.45, 2.75) is 13.5 Å². The maximum Gasteiger partial charge on any atom is 0.157 e. The van der Waals surface area contributed by atoms with Crippen LogP contribution in [-0.4, -0.2) is 19.9 Å². The minimum atomic E-state index is 0.237. The molecule has 2 aromatic heterocycles. The minimum absolute atomic E-state index is 0.237. The molecule has 0 fully saturated rings. The molecule has 0 saturated heterocycles. The molecule has 0 spiro atoms. The number of hydrogen-bond donors (Lipinski definition) is 2. The van der Waals surface area contributed by atoms with Crippen LogP contribution in [0, 0.1) is 6.92 Å². The van der Waals surface area contributed by atoms with Crippen LogP contribution in [0.1, 0.15) is 11.5 Å². The lowest BCUT2D eigenvalue weighted by atomic mass is 10.4. The van der Waals surface area contributed by atoms with E-state index in [0.717, 1.165) is 11.5 Å². The van der Waals surface area contributed by atoms with Crippen LogP contribution in [0.15, 0.2) is 18.6 Å². The summed E-state index contributed by atoms with van der Waals surface area (Å²) in [5, 5.41) is 3.28. The zero-order valence-corrected chi connectivity index (χ0v) is 9.94. The van der Waals surface area contributed by atoms with Crippen LogP contribution in [0.3, 0.4) is 0 Å². The van der Waals surface area contributed by atoms with Crippen molar-refractivity contribution in [3.05, 3.63) is 35.3 Å². The second-order valence-electron chi connectivity index (χ2n) is 3.38. The monoisotopic (exact) mass is 250 g/mol. The summed E-state index contributed by atoms with van der Waals surface area (Å²) in [6.45, 7) is 2.33. The molecule has 0 aliphatic heterocycles. The Bertz CT molecular complexity index is 530. The number of nitrogen functional groups attached to an aromatic ring is 1. The third kappa shape index (κ3) is 2.79. The summed E-state index contributed by atoms with van der Waals surface area (Å²) in [5.74, 6) is 1.22. The number of aryl methyl sites for hydroxylation is 1. The molecule has 0 aromatic carbocycles. The summed E-state index contributed by atoms with van der Waals surface area (Å²) in [5.41, 5.74) is 6.91. The first-order valence-electron chi connectivity index (χ1n) is 4.95. The molecule has 88 valence electrons. The van der Waals surface area contributed by atoms with Gasteiger partial charge in [0.15, 0.2) is 11.0 Å². The van der Waals surface area contributed by atoms with Gasteiger partial charge in [-0.05, 0) is 13.0 Å². The van der Waals surface area contributed by atoms with E-state index in [1.807, 2.05) is 13.0 Å². The van der Waals surface area contributed by atoms with Gasteiger partial charge in [-0.15, -0.1) is 0 Å². The Labute approximate surface area is 103 Å². The lowest BCUT2D eigenvalue weighted by molar-refractivity contribution is 0.948. The Morgan fingerprint density at radius 3 is 2.94 bits per heavy atom. The molecule has 2 aromatic rings. The van der Waals surface area contributed by atoms with Crippen LogP contribution in [0.25, 0.3) is 0 Å². The van der Waals surface area contributed by atoms with Crippen molar-refractivity contribution in [2.75, 3.05) is 11.1 Å². The molecule has 0 aliphatic rings. The van der Waals surface area contributed by atoms with E-state index in [9.17, 15) is 0 Å². The second kappa shape index (κ2) is 4.92. The van der Waals surface area contributed by atoms with Gasteiger partial charge in [0.2, 0.25) is 0 Å². The largest absolute Gasteiger partial charge is 0.393 e. The zero-order chi connectivity index (χ0) is 12.3. The molecule has 2 rings (SSSR count). The van der Waals surface area contributed by atoms with Crippen molar-refractivity contribution in [2.24, 2.45) is 0 Å². The molecular formula is C10H11ClN6. The number of halogens is 1. The first-order chi connectivity index (χ1) is 8.16. The van der Waals surface area contributed by atoms with Gasteiger partial charge in [-0.2, -0.15) is 0 Å². The van der Waals surface area contributed by atoms with Gasteiger partial charge < -0.3 is 11.1 Å². The Morgan fingerprint density at radius 1 is 1.35 bits per heavy atom. The number of nitrogens with one attached hydrogen (secondary N) is 1. The molecule has 3 N–H and O–H groups in total. The highest BCUT2D eigenvalue weighted by molar-refractivity contribution is 6.32. The van der Waals surface area contributed by atoms with Crippen LogP contribution in [-0.2, 0) is 6.54 Å². The van der Waals surface area contributed by atoms with Crippen molar-refractivity contribution in [1.82, 2.24) is 19.9 Å². The van der Waals surface area contributed by atoms with Crippen molar-refractivity contribution < 1.29 is 0 Å². The molecule has 0 aliphatic carbocycles. The third-order valence-corrected chi connectivity index (χ3v) is 2.41. The van der Waals surface area contributed by atoms with Gasteiger partial charge in [0, 0.05) is 6.20 Å². The summed E-state index contributed by atoms with van der Waals surface area (Å²) >= 11 is 5.78. The predicted octanol–water partition coefficient (Wildman–Crippen LogP) is 1.42. The maximum absolute atomic E-state index is 5.78. The number of nitrogens with two attached hydrogens (primary N) is 1. The van der Waals surface area contributed by atoms with Crippen molar-refractivity contribution in [3.63, 3.8) is 0 Å². The summed E-state index contributed by atoms with van der Waals surface area (Å²) in [4.78, 5) is 16.0. The lowest BCUT2D eigenvalue weighted by Gasteiger charge is -2.08. The second-order valence-corrected chi connectivity index (χ2v) is 3.73. The Kier molecular flexibility index (Phi) is 3.34. The van der Waals surface area contributed by atoms with Gasteiger partial charge in [-0.1, -0.05) is 11.6 Å². The number of rotatable bonds is 3. The normalized spacial score (nSPS) is 10.2.